The maximum absolute atomic E-state index is 13.0. The minimum atomic E-state index is -3.81. The molecule has 11 heteroatoms. The number of nitrogens with zero attached hydrogens (tertiary/aromatic N) is 3. The van der Waals surface area contributed by atoms with E-state index in [1.807, 2.05) is 47.4 Å². The summed E-state index contributed by atoms with van der Waals surface area (Å²) in [5.74, 6) is 0. The Morgan fingerprint density at radius 3 is 2.32 bits per heavy atom. The highest BCUT2D eigenvalue weighted by atomic mass is 35.5. The van der Waals surface area contributed by atoms with E-state index in [2.05, 4.69) is 15.0 Å². The summed E-state index contributed by atoms with van der Waals surface area (Å²) in [7, 11) is -3.81. The smallest absolute Gasteiger partial charge is 0.324 e. The Morgan fingerprint density at radius 2 is 1.61 bits per heavy atom. The number of aryl methyl sites for hydroxylation is 1. The van der Waals surface area contributed by atoms with Crippen molar-refractivity contribution in [2.45, 2.75) is 30.3 Å². The van der Waals surface area contributed by atoms with Crippen molar-refractivity contribution in [3.63, 3.8) is 0 Å². The molecule has 0 radical (unpaired) electrons. The quantitative estimate of drug-likeness (QED) is 0.163. The maximum Gasteiger partial charge on any atom is 0.324 e. The fraction of sp³-hybridized carbons (Fsp3) is 0.273. The fourth-order valence-electron chi connectivity index (χ4n) is 5.08. The van der Waals surface area contributed by atoms with Gasteiger partial charge in [-0.15, -0.1) is 0 Å². The Hall–Kier alpha value is -3.96. The SMILES string of the molecule is O=C1N(CCCc2ccc(Cl)cc2)CCN1c1ccc(S(=O)(=O)Nc2ccc(CCNC[C@H](O)c3cccnc3)cc2)cc1. The Morgan fingerprint density at radius 1 is 0.909 bits per heavy atom. The van der Waals surface area contributed by atoms with Crippen LogP contribution < -0.4 is 14.9 Å². The molecule has 4 aromatic rings. The Bertz CT molecular complexity index is 1620. The number of carbonyl (C=O) groups excluding carboxylic acids is 1. The molecule has 3 N–H and O–H groups in total. The molecule has 1 aliphatic heterocycles. The zero-order valence-corrected chi connectivity index (χ0v) is 25.8. The first kappa shape index (κ1) is 31.5. The predicted octanol–water partition coefficient (Wildman–Crippen LogP) is 5.28. The third kappa shape index (κ3) is 8.35. The molecule has 1 atom stereocenters. The summed E-state index contributed by atoms with van der Waals surface area (Å²) in [6.07, 6.45) is 5.12. The zero-order valence-electron chi connectivity index (χ0n) is 24.3. The molecule has 0 spiro atoms. The molecular weight excluding hydrogens is 598 g/mol. The van der Waals surface area contributed by atoms with Gasteiger partial charge in [0, 0.05) is 60.5 Å². The number of aliphatic hydroxyl groups excluding tert-OH is 1. The number of aromatic nitrogens is 1. The fourth-order valence-corrected chi connectivity index (χ4v) is 6.26. The van der Waals surface area contributed by atoms with Gasteiger partial charge in [0.2, 0.25) is 0 Å². The first-order valence-electron chi connectivity index (χ1n) is 14.6. The van der Waals surface area contributed by atoms with Crippen LogP contribution in [0, 0.1) is 0 Å². The highest BCUT2D eigenvalue weighted by molar-refractivity contribution is 7.92. The molecule has 230 valence electrons. The van der Waals surface area contributed by atoms with Gasteiger partial charge in [-0.05, 0) is 91.5 Å². The maximum atomic E-state index is 13.0. The average molecular weight is 634 g/mol. The molecule has 1 saturated heterocycles. The summed E-state index contributed by atoms with van der Waals surface area (Å²) in [6, 6.07) is 24.9. The van der Waals surface area contributed by atoms with Crippen LogP contribution in [0.2, 0.25) is 5.02 Å². The molecule has 1 fully saturated rings. The molecule has 44 heavy (non-hydrogen) atoms. The normalized spacial score (nSPS) is 14.2. The van der Waals surface area contributed by atoms with Crippen molar-refractivity contribution in [3.05, 3.63) is 119 Å². The molecule has 0 unspecified atom stereocenters. The van der Waals surface area contributed by atoms with Gasteiger partial charge in [0.15, 0.2) is 0 Å². The molecule has 2 amide bonds. The number of rotatable bonds is 14. The Balaban J connectivity index is 1.08. The van der Waals surface area contributed by atoms with E-state index in [0.717, 1.165) is 30.4 Å². The highest BCUT2D eigenvalue weighted by Gasteiger charge is 2.29. The van der Waals surface area contributed by atoms with Gasteiger partial charge >= 0.3 is 6.03 Å². The lowest BCUT2D eigenvalue weighted by molar-refractivity contribution is 0.174. The predicted molar refractivity (Wildman–Crippen MR) is 174 cm³/mol. The molecular formula is C33H36ClN5O4S. The van der Waals surface area contributed by atoms with Crippen LogP contribution in [0.25, 0.3) is 0 Å². The van der Waals surface area contributed by atoms with Crippen molar-refractivity contribution in [2.24, 2.45) is 0 Å². The number of carbonyl (C=O) groups is 1. The summed E-state index contributed by atoms with van der Waals surface area (Å²) in [6.45, 7) is 2.91. The number of amides is 2. The van der Waals surface area contributed by atoms with E-state index >= 15 is 0 Å². The molecule has 0 saturated carbocycles. The van der Waals surface area contributed by atoms with Gasteiger partial charge < -0.3 is 15.3 Å². The minimum absolute atomic E-state index is 0.0743. The van der Waals surface area contributed by atoms with Gasteiger partial charge in [0.05, 0.1) is 11.0 Å². The van der Waals surface area contributed by atoms with Crippen LogP contribution in [-0.2, 0) is 22.9 Å². The molecule has 1 aliphatic rings. The average Bonchev–Trinajstić information content (AvgIpc) is 3.41. The lowest BCUT2D eigenvalue weighted by Gasteiger charge is -2.19. The molecule has 2 heterocycles. The zero-order chi connectivity index (χ0) is 30.9. The Labute approximate surface area is 263 Å². The number of aliphatic hydroxyl groups is 1. The number of benzene rings is 3. The van der Waals surface area contributed by atoms with Crippen molar-refractivity contribution in [2.75, 3.05) is 42.3 Å². The first-order valence-corrected chi connectivity index (χ1v) is 16.5. The van der Waals surface area contributed by atoms with Crippen LogP contribution in [0.1, 0.15) is 29.2 Å². The highest BCUT2D eigenvalue weighted by Crippen LogP contribution is 2.24. The van der Waals surface area contributed by atoms with Crippen molar-refractivity contribution in [3.8, 4) is 0 Å². The number of hydrogen-bond donors (Lipinski definition) is 3. The van der Waals surface area contributed by atoms with Crippen LogP contribution >= 0.6 is 11.6 Å². The molecule has 0 bridgehead atoms. The van der Waals surface area contributed by atoms with Gasteiger partial charge in [-0.1, -0.05) is 41.9 Å². The first-order chi connectivity index (χ1) is 21.3. The van der Waals surface area contributed by atoms with Crippen molar-refractivity contribution >= 4 is 39.0 Å². The molecule has 0 aliphatic carbocycles. The number of anilines is 2. The van der Waals surface area contributed by atoms with E-state index < -0.39 is 16.1 Å². The van der Waals surface area contributed by atoms with Crippen LogP contribution in [-0.4, -0.2) is 62.2 Å². The lowest BCUT2D eigenvalue weighted by atomic mass is 10.1. The Kier molecular flexibility index (Phi) is 10.5. The summed E-state index contributed by atoms with van der Waals surface area (Å²) < 4.78 is 28.7. The van der Waals surface area contributed by atoms with E-state index in [4.69, 9.17) is 11.6 Å². The third-order valence-corrected chi connectivity index (χ3v) is 9.21. The third-order valence-electron chi connectivity index (χ3n) is 7.56. The molecule has 3 aromatic carbocycles. The topological polar surface area (TPSA) is 115 Å². The van der Waals surface area contributed by atoms with Gasteiger partial charge in [-0.2, -0.15) is 0 Å². The molecule has 9 nitrogen and oxygen atoms in total. The van der Waals surface area contributed by atoms with Gasteiger partial charge in [-0.3, -0.25) is 14.6 Å². The van der Waals surface area contributed by atoms with E-state index in [9.17, 15) is 18.3 Å². The number of sulfonamides is 1. The van der Waals surface area contributed by atoms with E-state index in [-0.39, 0.29) is 10.9 Å². The van der Waals surface area contributed by atoms with Crippen molar-refractivity contribution in [1.29, 1.82) is 0 Å². The number of hydrogen-bond acceptors (Lipinski definition) is 6. The summed E-state index contributed by atoms with van der Waals surface area (Å²) in [5, 5.41) is 14.2. The standard InChI is InChI=1S/C33H36ClN5O4S/c34-28-9-5-25(6-10-28)3-2-20-38-21-22-39(33(38)41)30-13-15-31(16-14-30)44(42,43)37-29-11-7-26(8-12-29)17-19-36-24-32(40)27-4-1-18-35-23-27/h1,4-16,18,23,32,36-37,40H,2-3,17,19-22,24H2/t32-/m0/s1. The number of halogens is 1. The minimum Gasteiger partial charge on any atom is -0.387 e. The van der Waals surface area contributed by atoms with Gasteiger partial charge in [-0.25, -0.2) is 13.2 Å². The van der Waals surface area contributed by atoms with Crippen molar-refractivity contribution in [1.82, 2.24) is 15.2 Å². The van der Waals surface area contributed by atoms with Gasteiger partial charge in [0.25, 0.3) is 10.0 Å². The van der Waals surface area contributed by atoms with Crippen LogP contribution in [0.4, 0.5) is 16.2 Å². The largest absolute Gasteiger partial charge is 0.387 e. The van der Waals surface area contributed by atoms with Crippen molar-refractivity contribution < 1.29 is 18.3 Å². The van der Waals surface area contributed by atoms with Crippen LogP contribution in [0.5, 0.6) is 0 Å². The van der Waals surface area contributed by atoms with Gasteiger partial charge in [0.1, 0.15) is 0 Å². The number of pyridine rings is 1. The lowest BCUT2D eigenvalue weighted by Crippen LogP contribution is -2.32. The second kappa shape index (κ2) is 14.7. The second-order valence-electron chi connectivity index (χ2n) is 10.7. The van der Waals surface area contributed by atoms with Crippen LogP contribution in [0.3, 0.4) is 0 Å². The molecule has 1 aromatic heterocycles. The second-order valence-corrected chi connectivity index (χ2v) is 12.8. The summed E-state index contributed by atoms with van der Waals surface area (Å²) in [4.78, 5) is 20.6. The number of nitrogens with one attached hydrogen (secondary N) is 2. The monoisotopic (exact) mass is 633 g/mol. The molecule has 5 rings (SSSR count). The number of urea groups is 1. The van der Waals surface area contributed by atoms with E-state index in [1.165, 1.54) is 17.7 Å². The van der Waals surface area contributed by atoms with E-state index in [1.54, 1.807) is 47.6 Å². The summed E-state index contributed by atoms with van der Waals surface area (Å²) in [5.41, 5.74) is 4.11. The van der Waals surface area contributed by atoms with E-state index in [0.29, 0.717) is 49.1 Å². The summed E-state index contributed by atoms with van der Waals surface area (Å²) >= 11 is 5.95. The van der Waals surface area contributed by atoms with Crippen LogP contribution in [0.15, 0.2) is 102 Å².